The maximum absolute atomic E-state index is 11.0. The standard InChI is InChI=1S/C10H16N4O.2ClH/c1-7(15)13-9-6-11-5-8(9)10-12-3-4-14(10)2;;/h3-4,8-9,11H,5-6H2,1-2H3,(H,13,15);2*1H/t8-,9-;;/m1../s1. The maximum Gasteiger partial charge on any atom is 0.217 e. The highest BCUT2D eigenvalue weighted by Crippen LogP contribution is 2.20. The molecule has 0 bridgehead atoms. The number of rotatable bonds is 2. The molecule has 2 N–H and O–H groups in total. The number of hydrogen-bond donors (Lipinski definition) is 2. The van der Waals surface area contributed by atoms with E-state index in [4.69, 9.17) is 0 Å². The van der Waals surface area contributed by atoms with Crippen molar-refractivity contribution in [3.8, 4) is 0 Å². The van der Waals surface area contributed by atoms with E-state index in [9.17, 15) is 4.79 Å². The van der Waals surface area contributed by atoms with Crippen molar-refractivity contribution in [3.63, 3.8) is 0 Å². The van der Waals surface area contributed by atoms with Gasteiger partial charge in [-0.15, -0.1) is 24.8 Å². The number of imidazole rings is 1. The van der Waals surface area contributed by atoms with Crippen molar-refractivity contribution < 1.29 is 4.79 Å². The summed E-state index contributed by atoms with van der Waals surface area (Å²) in [5, 5.41) is 6.23. The van der Waals surface area contributed by atoms with Crippen LogP contribution in [0, 0.1) is 0 Å². The average molecular weight is 281 g/mol. The van der Waals surface area contributed by atoms with E-state index in [1.165, 1.54) is 0 Å². The largest absolute Gasteiger partial charge is 0.352 e. The number of halogens is 2. The predicted octanol–water partition coefficient (Wildman–Crippen LogP) is 0.455. The number of hydrogen-bond acceptors (Lipinski definition) is 3. The molecule has 0 unspecified atom stereocenters. The van der Waals surface area contributed by atoms with Crippen LogP contribution in [-0.4, -0.2) is 34.6 Å². The molecule has 1 aromatic rings. The molecule has 0 spiro atoms. The summed E-state index contributed by atoms with van der Waals surface area (Å²) in [6, 6.07) is 0.156. The molecule has 0 aliphatic carbocycles. The molecule has 17 heavy (non-hydrogen) atoms. The summed E-state index contributed by atoms with van der Waals surface area (Å²) in [7, 11) is 1.98. The van der Waals surface area contributed by atoms with E-state index < -0.39 is 0 Å². The van der Waals surface area contributed by atoms with Crippen molar-refractivity contribution in [1.29, 1.82) is 0 Å². The Bertz CT molecular complexity index is 369. The van der Waals surface area contributed by atoms with Gasteiger partial charge in [0.1, 0.15) is 5.82 Å². The molecular formula is C10H18Cl2N4O. The molecule has 1 saturated heterocycles. The first-order valence-corrected chi connectivity index (χ1v) is 5.13. The molecule has 2 heterocycles. The molecule has 1 aliphatic heterocycles. The van der Waals surface area contributed by atoms with Crippen LogP contribution in [0.15, 0.2) is 12.4 Å². The van der Waals surface area contributed by atoms with Crippen LogP contribution < -0.4 is 10.6 Å². The lowest BCUT2D eigenvalue weighted by Crippen LogP contribution is -2.38. The van der Waals surface area contributed by atoms with Gasteiger partial charge in [0.15, 0.2) is 0 Å². The van der Waals surface area contributed by atoms with Crippen LogP contribution in [0.3, 0.4) is 0 Å². The Morgan fingerprint density at radius 3 is 2.76 bits per heavy atom. The fourth-order valence-electron chi connectivity index (χ4n) is 2.10. The van der Waals surface area contributed by atoms with E-state index in [1.807, 2.05) is 17.8 Å². The molecule has 1 aromatic heterocycles. The number of nitrogens with one attached hydrogen (secondary N) is 2. The van der Waals surface area contributed by atoms with Gasteiger partial charge in [0, 0.05) is 39.5 Å². The van der Waals surface area contributed by atoms with Crippen molar-refractivity contribution in [2.45, 2.75) is 18.9 Å². The minimum absolute atomic E-state index is 0. The second-order valence-corrected chi connectivity index (χ2v) is 3.97. The maximum atomic E-state index is 11.0. The predicted molar refractivity (Wildman–Crippen MR) is 70.9 cm³/mol. The van der Waals surface area contributed by atoms with E-state index in [-0.39, 0.29) is 42.7 Å². The smallest absolute Gasteiger partial charge is 0.217 e. The van der Waals surface area contributed by atoms with Gasteiger partial charge in [-0.2, -0.15) is 0 Å². The molecule has 7 heteroatoms. The SMILES string of the molecule is CC(=O)N[C@@H]1CNC[C@H]1c1nccn1C.Cl.Cl. The van der Waals surface area contributed by atoms with E-state index in [1.54, 1.807) is 13.1 Å². The van der Waals surface area contributed by atoms with Crippen molar-refractivity contribution in [2.24, 2.45) is 7.05 Å². The lowest BCUT2D eigenvalue weighted by molar-refractivity contribution is -0.119. The van der Waals surface area contributed by atoms with Crippen LogP contribution in [-0.2, 0) is 11.8 Å². The number of aromatic nitrogens is 2. The van der Waals surface area contributed by atoms with Gasteiger partial charge in [-0.3, -0.25) is 4.79 Å². The fourth-order valence-corrected chi connectivity index (χ4v) is 2.10. The van der Waals surface area contributed by atoms with Gasteiger partial charge in [-0.05, 0) is 0 Å². The quantitative estimate of drug-likeness (QED) is 0.827. The third-order valence-electron chi connectivity index (χ3n) is 2.79. The van der Waals surface area contributed by atoms with Crippen LogP contribution in [0.25, 0.3) is 0 Å². The zero-order chi connectivity index (χ0) is 10.8. The van der Waals surface area contributed by atoms with Crippen LogP contribution in [0.1, 0.15) is 18.7 Å². The monoisotopic (exact) mass is 280 g/mol. The molecule has 0 saturated carbocycles. The molecule has 0 aromatic carbocycles. The van der Waals surface area contributed by atoms with E-state index >= 15 is 0 Å². The van der Waals surface area contributed by atoms with Gasteiger partial charge in [0.25, 0.3) is 0 Å². The Balaban J connectivity index is 0.00000128. The molecule has 98 valence electrons. The second-order valence-electron chi connectivity index (χ2n) is 3.97. The number of nitrogens with zero attached hydrogens (tertiary/aromatic N) is 2. The first-order valence-electron chi connectivity index (χ1n) is 5.13. The Morgan fingerprint density at radius 1 is 1.53 bits per heavy atom. The normalized spacial score (nSPS) is 22.5. The van der Waals surface area contributed by atoms with Gasteiger partial charge < -0.3 is 15.2 Å². The number of carbonyl (C=O) groups is 1. The summed E-state index contributed by atoms with van der Waals surface area (Å²) in [4.78, 5) is 15.4. The summed E-state index contributed by atoms with van der Waals surface area (Å²) in [5.74, 6) is 1.32. The topological polar surface area (TPSA) is 59.0 Å². The van der Waals surface area contributed by atoms with Crippen LogP contribution in [0.4, 0.5) is 0 Å². The highest BCUT2D eigenvalue weighted by Gasteiger charge is 2.31. The van der Waals surface area contributed by atoms with Gasteiger partial charge in [0.05, 0.1) is 12.0 Å². The van der Waals surface area contributed by atoms with Gasteiger partial charge in [-0.1, -0.05) is 0 Å². The number of amides is 1. The molecule has 1 amide bonds. The summed E-state index contributed by atoms with van der Waals surface area (Å²) in [6.07, 6.45) is 3.72. The zero-order valence-electron chi connectivity index (χ0n) is 9.84. The Labute approximate surface area is 113 Å². The molecule has 2 rings (SSSR count). The molecule has 2 atom stereocenters. The van der Waals surface area contributed by atoms with Gasteiger partial charge >= 0.3 is 0 Å². The number of carbonyl (C=O) groups excluding carboxylic acids is 1. The Hall–Kier alpha value is -0.780. The second kappa shape index (κ2) is 6.83. The highest BCUT2D eigenvalue weighted by molar-refractivity contribution is 5.85. The third-order valence-corrected chi connectivity index (χ3v) is 2.79. The van der Waals surface area contributed by atoms with Crippen LogP contribution in [0.5, 0.6) is 0 Å². The Morgan fingerprint density at radius 2 is 2.24 bits per heavy atom. The summed E-state index contributed by atoms with van der Waals surface area (Å²) in [5.41, 5.74) is 0. The van der Waals surface area contributed by atoms with E-state index in [0.717, 1.165) is 18.9 Å². The molecular weight excluding hydrogens is 263 g/mol. The fraction of sp³-hybridized carbons (Fsp3) is 0.600. The lowest BCUT2D eigenvalue weighted by Gasteiger charge is -2.18. The first kappa shape index (κ1) is 16.2. The minimum Gasteiger partial charge on any atom is -0.352 e. The molecule has 5 nitrogen and oxygen atoms in total. The van der Waals surface area contributed by atoms with Crippen molar-refractivity contribution >= 4 is 30.7 Å². The molecule has 1 fully saturated rings. The Kier molecular flexibility index (Phi) is 6.52. The van der Waals surface area contributed by atoms with Gasteiger partial charge in [0.2, 0.25) is 5.91 Å². The van der Waals surface area contributed by atoms with E-state index in [0.29, 0.717) is 0 Å². The lowest BCUT2D eigenvalue weighted by atomic mass is 10.0. The van der Waals surface area contributed by atoms with Crippen LogP contribution >= 0.6 is 24.8 Å². The molecule has 1 aliphatic rings. The summed E-state index contributed by atoms with van der Waals surface area (Å²) < 4.78 is 2.01. The van der Waals surface area contributed by atoms with Crippen molar-refractivity contribution in [1.82, 2.24) is 20.2 Å². The first-order chi connectivity index (χ1) is 7.18. The minimum atomic E-state index is 0. The number of aryl methyl sites for hydroxylation is 1. The molecule has 0 radical (unpaired) electrons. The van der Waals surface area contributed by atoms with Crippen molar-refractivity contribution in [2.75, 3.05) is 13.1 Å². The third kappa shape index (κ3) is 3.59. The van der Waals surface area contributed by atoms with Crippen LogP contribution in [0.2, 0.25) is 0 Å². The van der Waals surface area contributed by atoms with Crippen molar-refractivity contribution in [3.05, 3.63) is 18.2 Å². The highest BCUT2D eigenvalue weighted by atomic mass is 35.5. The zero-order valence-corrected chi connectivity index (χ0v) is 11.5. The van der Waals surface area contributed by atoms with E-state index in [2.05, 4.69) is 15.6 Å². The summed E-state index contributed by atoms with van der Waals surface area (Å²) in [6.45, 7) is 3.24. The average Bonchev–Trinajstić information content (AvgIpc) is 2.73. The van der Waals surface area contributed by atoms with Gasteiger partial charge in [-0.25, -0.2) is 4.98 Å². The summed E-state index contributed by atoms with van der Waals surface area (Å²) >= 11 is 0.